The molecule has 0 aliphatic heterocycles. The Morgan fingerprint density at radius 2 is 1.94 bits per heavy atom. The summed E-state index contributed by atoms with van der Waals surface area (Å²) in [6.45, 7) is 5.84. The number of aryl methyl sites for hydroxylation is 3. The SMILES string of the molecule is COC[C@H](C)n1c(-c2cc(C)c(=O)n(C)c2)nc2cc(CC[C@H](C(=O)O)[C@@H](C)O)ccc21.Cl. The Hall–Kier alpha value is -2.68. The van der Waals surface area contributed by atoms with Crippen LogP contribution in [0.2, 0.25) is 0 Å². The third-order valence-electron chi connectivity index (χ3n) is 5.87. The second kappa shape index (κ2) is 11.0. The van der Waals surface area contributed by atoms with Crippen LogP contribution in [0.4, 0.5) is 0 Å². The van der Waals surface area contributed by atoms with Gasteiger partial charge < -0.3 is 24.1 Å². The van der Waals surface area contributed by atoms with E-state index in [0.29, 0.717) is 25.0 Å². The Kier molecular flexibility index (Phi) is 8.82. The lowest BCUT2D eigenvalue weighted by molar-refractivity contribution is -0.145. The number of aromatic nitrogens is 3. The summed E-state index contributed by atoms with van der Waals surface area (Å²) in [6, 6.07) is 7.78. The van der Waals surface area contributed by atoms with Crippen LogP contribution in [-0.2, 0) is 23.0 Å². The van der Waals surface area contributed by atoms with Crippen LogP contribution in [0.25, 0.3) is 22.4 Å². The number of ether oxygens (including phenoxy) is 1. The Morgan fingerprint density at radius 1 is 1.24 bits per heavy atom. The number of nitrogens with zero attached hydrogens (tertiary/aromatic N) is 3. The number of carboxylic acid groups (broad SMARTS) is 1. The van der Waals surface area contributed by atoms with Crippen molar-refractivity contribution in [3.8, 4) is 11.4 Å². The zero-order valence-corrected chi connectivity index (χ0v) is 20.4. The van der Waals surface area contributed by atoms with Crippen molar-refractivity contribution in [3.05, 3.63) is 51.9 Å². The molecule has 0 aliphatic rings. The molecule has 33 heavy (non-hydrogen) atoms. The predicted octanol–water partition coefficient (Wildman–Crippen LogP) is 3.35. The maximum Gasteiger partial charge on any atom is 0.309 e. The minimum atomic E-state index is -0.994. The van der Waals surface area contributed by atoms with Crippen LogP contribution in [-0.4, -0.2) is 50.1 Å². The number of carbonyl (C=O) groups is 1. The van der Waals surface area contributed by atoms with Gasteiger partial charge in [0.1, 0.15) is 5.82 Å². The van der Waals surface area contributed by atoms with Crippen molar-refractivity contribution >= 4 is 29.4 Å². The number of hydrogen-bond donors (Lipinski definition) is 2. The fourth-order valence-corrected chi connectivity index (χ4v) is 4.16. The highest BCUT2D eigenvalue weighted by molar-refractivity contribution is 5.85. The molecule has 3 rings (SSSR count). The number of benzene rings is 1. The third kappa shape index (κ3) is 5.63. The van der Waals surface area contributed by atoms with E-state index in [9.17, 15) is 19.8 Å². The monoisotopic (exact) mass is 477 g/mol. The summed E-state index contributed by atoms with van der Waals surface area (Å²) in [4.78, 5) is 28.4. The topological polar surface area (TPSA) is 107 Å². The molecule has 3 aromatic rings. The van der Waals surface area contributed by atoms with Crippen LogP contribution in [0.5, 0.6) is 0 Å². The summed E-state index contributed by atoms with van der Waals surface area (Å²) in [5.74, 6) is -1.06. The molecule has 2 N–H and O–H groups in total. The number of aliphatic hydroxyl groups is 1. The molecule has 180 valence electrons. The summed E-state index contributed by atoms with van der Waals surface area (Å²) in [5.41, 5.74) is 4.11. The quantitative estimate of drug-likeness (QED) is 0.489. The van der Waals surface area contributed by atoms with Crippen LogP contribution in [0.15, 0.2) is 35.3 Å². The molecule has 0 spiro atoms. The zero-order valence-electron chi connectivity index (χ0n) is 19.6. The van der Waals surface area contributed by atoms with Gasteiger partial charge in [0.2, 0.25) is 0 Å². The Morgan fingerprint density at radius 3 is 2.52 bits per heavy atom. The van der Waals surface area contributed by atoms with Gasteiger partial charge in [0.05, 0.1) is 35.7 Å². The van der Waals surface area contributed by atoms with E-state index in [2.05, 4.69) is 11.5 Å². The van der Waals surface area contributed by atoms with Gasteiger partial charge >= 0.3 is 5.97 Å². The molecule has 0 radical (unpaired) electrons. The lowest BCUT2D eigenvalue weighted by Crippen LogP contribution is -2.26. The van der Waals surface area contributed by atoms with Gasteiger partial charge in [0, 0.05) is 31.5 Å². The second-order valence-electron chi connectivity index (χ2n) is 8.48. The van der Waals surface area contributed by atoms with Crippen LogP contribution in [0.3, 0.4) is 0 Å². The van der Waals surface area contributed by atoms with Gasteiger partial charge in [0.15, 0.2) is 0 Å². The number of halogens is 1. The summed E-state index contributed by atoms with van der Waals surface area (Å²) >= 11 is 0. The molecule has 0 unspecified atom stereocenters. The Labute approximate surface area is 199 Å². The van der Waals surface area contributed by atoms with Gasteiger partial charge in [-0.1, -0.05) is 6.07 Å². The first kappa shape index (κ1) is 26.6. The van der Waals surface area contributed by atoms with E-state index >= 15 is 0 Å². The molecule has 9 heteroatoms. The predicted molar refractivity (Wildman–Crippen MR) is 130 cm³/mol. The molecule has 0 fully saturated rings. The van der Waals surface area contributed by atoms with Gasteiger partial charge in [-0.05, 0) is 57.4 Å². The molecule has 2 heterocycles. The van der Waals surface area contributed by atoms with Crippen molar-refractivity contribution in [3.63, 3.8) is 0 Å². The molecule has 1 aromatic carbocycles. The summed E-state index contributed by atoms with van der Waals surface area (Å²) in [5, 5.41) is 19.1. The molecule has 0 amide bonds. The number of methoxy groups -OCH3 is 1. The highest BCUT2D eigenvalue weighted by atomic mass is 35.5. The highest BCUT2D eigenvalue weighted by Gasteiger charge is 2.23. The van der Waals surface area contributed by atoms with Crippen molar-refractivity contribution in [1.82, 2.24) is 14.1 Å². The lowest BCUT2D eigenvalue weighted by atomic mass is 9.95. The second-order valence-corrected chi connectivity index (χ2v) is 8.48. The van der Waals surface area contributed by atoms with Crippen LogP contribution < -0.4 is 5.56 Å². The maximum atomic E-state index is 12.2. The van der Waals surface area contributed by atoms with Crippen molar-refractivity contribution in [1.29, 1.82) is 0 Å². The minimum Gasteiger partial charge on any atom is -0.481 e. The van der Waals surface area contributed by atoms with E-state index in [1.807, 2.05) is 24.3 Å². The molecular weight excluding hydrogens is 446 g/mol. The standard InChI is InChI=1S/C24H31N3O5.ClH/c1-14-10-18(12-26(4)23(14)29)22-25-20-11-17(6-8-19(16(3)28)24(30)31)7-9-21(20)27(22)15(2)13-32-5;/h7,9-12,15-16,19,28H,6,8,13H2,1-5H3,(H,30,31);1H/t15-,16+,19-;/m0./s1. The average molecular weight is 478 g/mol. The zero-order chi connectivity index (χ0) is 23.6. The van der Waals surface area contributed by atoms with Gasteiger partial charge in [-0.2, -0.15) is 0 Å². The highest BCUT2D eigenvalue weighted by Crippen LogP contribution is 2.30. The fraction of sp³-hybridized carbons (Fsp3) is 0.458. The van der Waals surface area contributed by atoms with Crippen molar-refractivity contribution in [2.45, 2.75) is 45.8 Å². The number of aliphatic hydroxyl groups excluding tert-OH is 1. The van der Waals surface area contributed by atoms with Crippen molar-refractivity contribution in [2.24, 2.45) is 13.0 Å². The Bertz CT molecular complexity index is 1160. The maximum absolute atomic E-state index is 12.2. The van der Waals surface area contributed by atoms with E-state index in [4.69, 9.17) is 9.72 Å². The van der Waals surface area contributed by atoms with E-state index < -0.39 is 18.0 Å². The summed E-state index contributed by atoms with van der Waals surface area (Å²) in [7, 11) is 3.38. The van der Waals surface area contributed by atoms with Gasteiger partial charge in [-0.25, -0.2) is 4.98 Å². The van der Waals surface area contributed by atoms with Gasteiger partial charge in [-0.3, -0.25) is 9.59 Å². The average Bonchev–Trinajstić information content (AvgIpc) is 3.10. The number of imidazole rings is 1. The number of aliphatic carboxylic acids is 1. The van der Waals surface area contributed by atoms with Crippen molar-refractivity contribution in [2.75, 3.05) is 13.7 Å². The fourth-order valence-electron chi connectivity index (χ4n) is 4.16. The number of pyridine rings is 1. The molecule has 0 aliphatic carbocycles. The van der Waals surface area contributed by atoms with E-state index in [1.54, 1.807) is 31.8 Å². The summed E-state index contributed by atoms with van der Waals surface area (Å²) < 4.78 is 9.05. The van der Waals surface area contributed by atoms with Crippen LogP contribution in [0, 0.1) is 12.8 Å². The Balaban J connectivity index is 0.00000385. The number of carboxylic acids is 1. The normalized spacial score (nSPS) is 14.0. The van der Waals surface area contributed by atoms with Crippen molar-refractivity contribution < 1.29 is 19.7 Å². The van der Waals surface area contributed by atoms with Crippen LogP contribution >= 0.6 is 12.4 Å². The summed E-state index contributed by atoms with van der Waals surface area (Å²) in [6.07, 6.45) is 1.73. The number of hydrogen-bond acceptors (Lipinski definition) is 5. The largest absolute Gasteiger partial charge is 0.481 e. The van der Waals surface area contributed by atoms with Gasteiger partial charge in [-0.15, -0.1) is 12.4 Å². The molecule has 2 aromatic heterocycles. The molecule has 8 nitrogen and oxygen atoms in total. The number of rotatable bonds is 9. The molecule has 0 saturated carbocycles. The van der Waals surface area contributed by atoms with E-state index in [0.717, 1.165) is 28.0 Å². The minimum absolute atomic E-state index is 0. The number of fused-ring (bicyclic) bond motifs is 1. The third-order valence-corrected chi connectivity index (χ3v) is 5.87. The van der Waals surface area contributed by atoms with E-state index in [-0.39, 0.29) is 24.0 Å². The molecular formula is C24H32ClN3O5. The smallest absolute Gasteiger partial charge is 0.309 e. The van der Waals surface area contributed by atoms with Crippen LogP contribution in [0.1, 0.15) is 37.4 Å². The first-order valence-corrected chi connectivity index (χ1v) is 10.7. The lowest BCUT2D eigenvalue weighted by Gasteiger charge is -2.18. The first-order chi connectivity index (χ1) is 15.1. The molecule has 3 atom stereocenters. The molecule has 0 saturated heterocycles. The van der Waals surface area contributed by atoms with E-state index in [1.165, 1.54) is 6.92 Å². The molecule has 0 bridgehead atoms. The van der Waals surface area contributed by atoms with Gasteiger partial charge in [0.25, 0.3) is 5.56 Å². The first-order valence-electron chi connectivity index (χ1n) is 10.7.